The van der Waals surface area contributed by atoms with Gasteiger partial charge in [-0.25, -0.2) is 23.1 Å². The van der Waals surface area contributed by atoms with Gasteiger partial charge in [-0.2, -0.15) is 0 Å². The van der Waals surface area contributed by atoms with Gasteiger partial charge in [-0.3, -0.25) is 9.69 Å². The first-order valence-electron chi connectivity index (χ1n) is 11.8. The lowest BCUT2D eigenvalue weighted by atomic mass is 10.2. The quantitative estimate of drug-likeness (QED) is 0.290. The summed E-state index contributed by atoms with van der Waals surface area (Å²) in [5, 5.41) is 0. The van der Waals surface area contributed by atoms with E-state index < -0.39 is 10.0 Å². The summed E-state index contributed by atoms with van der Waals surface area (Å²) < 4.78 is 30.6. The van der Waals surface area contributed by atoms with Gasteiger partial charge in [-0.1, -0.05) is 65.9 Å². The van der Waals surface area contributed by atoms with E-state index in [1.807, 2.05) is 73.7 Å². The van der Waals surface area contributed by atoms with Crippen LogP contribution in [0.25, 0.3) is 10.6 Å². The van der Waals surface area contributed by atoms with E-state index in [0.29, 0.717) is 17.3 Å². The van der Waals surface area contributed by atoms with Crippen molar-refractivity contribution in [2.45, 2.75) is 18.4 Å². The summed E-state index contributed by atoms with van der Waals surface area (Å²) >= 11 is 1.13. The molecule has 0 spiro atoms. The van der Waals surface area contributed by atoms with Crippen molar-refractivity contribution in [2.24, 2.45) is 7.05 Å². The Hall–Kier alpha value is -4.12. The molecule has 8 nitrogen and oxygen atoms in total. The first-order chi connectivity index (χ1) is 18.3. The Morgan fingerprint density at radius 2 is 1.61 bits per heavy atom. The molecule has 2 heterocycles. The number of rotatable bonds is 8. The highest BCUT2D eigenvalue weighted by Crippen LogP contribution is 2.34. The number of para-hydroxylation sites is 1. The van der Waals surface area contributed by atoms with E-state index in [9.17, 15) is 13.2 Å². The Kier molecular flexibility index (Phi) is 7.19. The van der Waals surface area contributed by atoms with Crippen LogP contribution < -0.4 is 14.5 Å². The zero-order valence-electron chi connectivity index (χ0n) is 20.8. The number of hydrogen-bond acceptors (Lipinski definition) is 7. The standard InChI is InChI=1S/C28H25N5O3S2/c1-20-26(37-28(34)32(20)2)25-16-17-29-27(31-25)33(22-12-7-4-8-13-22)23-14-9-15-24(18-23)38(35,36)30-19-21-10-5-3-6-11-21/h3-18,30H,19H2,1-2H3. The molecule has 0 aliphatic carbocycles. The molecule has 10 heteroatoms. The fourth-order valence-electron chi connectivity index (χ4n) is 3.94. The molecule has 5 aromatic rings. The molecule has 0 saturated carbocycles. The van der Waals surface area contributed by atoms with Gasteiger partial charge >= 0.3 is 4.87 Å². The van der Waals surface area contributed by atoms with Crippen molar-refractivity contribution >= 4 is 38.7 Å². The van der Waals surface area contributed by atoms with Crippen LogP contribution in [0.15, 0.2) is 107 Å². The topological polar surface area (TPSA) is 97.2 Å². The molecule has 0 amide bonds. The van der Waals surface area contributed by atoms with Crippen LogP contribution in [0.5, 0.6) is 0 Å². The molecule has 0 aliphatic rings. The minimum atomic E-state index is -3.79. The van der Waals surface area contributed by atoms with Crippen molar-refractivity contribution in [3.8, 4) is 10.6 Å². The lowest BCUT2D eigenvalue weighted by molar-refractivity contribution is 0.581. The molecular formula is C28H25N5O3S2. The fourth-order valence-corrected chi connectivity index (χ4v) is 5.95. The van der Waals surface area contributed by atoms with E-state index in [2.05, 4.69) is 9.71 Å². The molecule has 0 saturated heterocycles. The number of thiazole rings is 1. The van der Waals surface area contributed by atoms with E-state index in [-0.39, 0.29) is 16.3 Å². The second-order valence-corrected chi connectivity index (χ2v) is 11.3. The van der Waals surface area contributed by atoms with Crippen LogP contribution in [0, 0.1) is 6.92 Å². The van der Waals surface area contributed by atoms with Crippen LogP contribution >= 0.6 is 11.3 Å². The average molecular weight is 544 g/mol. The lowest BCUT2D eigenvalue weighted by Gasteiger charge is -2.24. The summed E-state index contributed by atoms with van der Waals surface area (Å²) in [7, 11) is -2.06. The van der Waals surface area contributed by atoms with Gasteiger partial charge in [-0.05, 0) is 48.9 Å². The van der Waals surface area contributed by atoms with E-state index in [1.54, 1.807) is 47.0 Å². The molecule has 1 N–H and O–H groups in total. The van der Waals surface area contributed by atoms with Crippen LogP contribution in [0.3, 0.4) is 0 Å². The second-order valence-electron chi connectivity index (χ2n) is 8.56. The Bertz CT molecular complexity index is 1730. The summed E-state index contributed by atoms with van der Waals surface area (Å²) in [5.74, 6) is 0.350. The van der Waals surface area contributed by atoms with Crippen molar-refractivity contribution in [3.63, 3.8) is 0 Å². The average Bonchev–Trinajstić information content (AvgIpc) is 3.21. The zero-order valence-corrected chi connectivity index (χ0v) is 22.4. The summed E-state index contributed by atoms with van der Waals surface area (Å²) in [5.41, 5.74) is 3.63. The largest absolute Gasteiger partial charge is 0.307 e. The van der Waals surface area contributed by atoms with E-state index in [0.717, 1.165) is 33.2 Å². The third-order valence-corrected chi connectivity index (χ3v) is 8.64. The van der Waals surface area contributed by atoms with Crippen LogP contribution in [0.2, 0.25) is 0 Å². The molecule has 3 aromatic carbocycles. The Morgan fingerprint density at radius 3 is 2.29 bits per heavy atom. The third kappa shape index (κ3) is 5.28. The Balaban J connectivity index is 1.55. The van der Waals surface area contributed by atoms with Gasteiger partial charge in [0.1, 0.15) is 0 Å². The molecular weight excluding hydrogens is 518 g/mol. The normalized spacial score (nSPS) is 11.4. The van der Waals surface area contributed by atoms with Gasteiger partial charge < -0.3 is 4.57 Å². The number of nitrogens with one attached hydrogen (secondary N) is 1. The highest BCUT2D eigenvalue weighted by atomic mass is 32.2. The van der Waals surface area contributed by atoms with Crippen LogP contribution in [-0.2, 0) is 23.6 Å². The number of sulfonamides is 1. The Labute approximate surface area is 224 Å². The molecule has 0 fully saturated rings. The maximum atomic E-state index is 13.2. The Morgan fingerprint density at radius 1 is 0.921 bits per heavy atom. The van der Waals surface area contributed by atoms with Crippen molar-refractivity contribution < 1.29 is 8.42 Å². The molecule has 0 aliphatic heterocycles. The first kappa shape index (κ1) is 25.5. The molecule has 2 aromatic heterocycles. The molecule has 5 rings (SSSR count). The molecule has 0 bridgehead atoms. The van der Waals surface area contributed by atoms with Gasteiger partial charge in [-0.15, -0.1) is 0 Å². The van der Waals surface area contributed by atoms with Crippen LogP contribution in [0.4, 0.5) is 17.3 Å². The van der Waals surface area contributed by atoms with Crippen molar-refractivity contribution in [1.82, 2.24) is 19.3 Å². The van der Waals surface area contributed by atoms with Crippen molar-refractivity contribution in [1.29, 1.82) is 0 Å². The maximum Gasteiger partial charge on any atom is 0.307 e. The fraction of sp³-hybridized carbons (Fsp3) is 0.107. The number of aromatic nitrogens is 3. The summed E-state index contributed by atoms with van der Waals surface area (Å²) in [4.78, 5) is 24.1. The third-order valence-electron chi connectivity index (χ3n) is 6.08. The number of benzene rings is 3. The van der Waals surface area contributed by atoms with Crippen LogP contribution in [-0.4, -0.2) is 23.0 Å². The molecule has 192 valence electrons. The minimum Gasteiger partial charge on any atom is -0.306 e. The predicted octanol–water partition coefficient (Wildman–Crippen LogP) is 5.16. The van der Waals surface area contributed by atoms with Crippen LogP contribution in [0.1, 0.15) is 11.3 Å². The maximum absolute atomic E-state index is 13.2. The molecule has 0 atom stereocenters. The zero-order chi connectivity index (χ0) is 26.7. The highest BCUT2D eigenvalue weighted by molar-refractivity contribution is 7.89. The number of anilines is 3. The first-order valence-corrected chi connectivity index (χ1v) is 14.1. The number of hydrogen-bond donors (Lipinski definition) is 1. The summed E-state index contributed by atoms with van der Waals surface area (Å²) in [6, 6.07) is 27.3. The number of nitrogens with zero attached hydrogens (tertiary/aromatic N) is 4. The second kappa shape index (κ2) is 10.7. The van der Waals surface area contributed by atoms with E-state index >= 15 is 0 Å². The monoisotopic (exact) mass is 543 g/mol. The van der Waals surface area contributed by atoms with E-state index in [1.165, 1.54) is 0 Å². The molecule has 0 radical (unpaired) electrons. The predicted molar refractivity (Wildman–Crippen MR) is 150 cm³/mol. The lowest BCUT2D eigenvalue weighted by Crippen LogP contribution is -2.23. The SMILES string of the molecule is Cc1c(-c2ccnc(N(c3ccccc3)c3cccc(S(=O)(=O)NCc4ccccc4)c3)n2)sc(=O)n1C. The smallest absolute Gasteiger partial charge is 0.306 e. The van der Waals surface area contributed by atoms with Crippen molar-refractivity contribution in [3.05, 3.63) is 118 Å². The van der Waals surface area contributed by atoms with Gasteiger partial charge in [0.2, 0.25) is 16.0 Å². The van der Waals surface area contributed by atoms with Gasteiger partial charge in [0.15, 0.2) is 0 Å². The molecule has 0 unspecified atom stereocenters. The van der Waals surface area contributed by atoms with E-state index in [4.69, 9.17) is 4.98 Å². The summed E-state index contributed by atoms with van der Waals surface area (Å²) in [6.45, 7) is 2.06. The van der Waals surface area contributed by atoms with Crippen molar-refractivity contribution in [2.75, 3.05) is 4.90 Å². The minimum absolute atomic E-state index is 0.0708. The molecule has 38 heavy (non-hydrogen) atoms. The van der Waals surface area contributed by atoms with Gasteiger partial charge in [0, 0.05) is 31.2 Å². The summed E-state index contributed by atoms with van der Waals surface area (Å²) in [6.07, 6.45) is 1.64. The van der Waals surface area contributed by atoms with Gasteiger partial charge in [0.25, 0.3) is 0 Å². The highest BCUT2D eigenvalue weighted by Gasteiger charge is 2.21. The van der Waals surface area contributed by atoms with Gasteiger partial charge in [0.05, 0.1) is 21.2 Å².